The average Bonchev–Trinajstić information content (AvgIpc) is 3.29. The van der Waals surface area contributed by atoms with Gasteiger partial charge in [0.25, 0.3) is 5.56 Å². The molecule has 4 rings (SSSR count). The van der Waals surface area contributed by atoms with Gasteiger partial charge in [-0.15, -0.1) is 10.2 Å². The van der Waals surface area contributed by atoms with Crippen LogP contribution in [0.25, 0.3) is 5.69 Å². The van der Waals surface area contributed by atoms with E-state index in [4.69, 9.17) is 16.3 Å². The number of hydrogen-bond donors (Lipinski definition) is 1. The van der Waals surface area contributed by atoms with E-state index < -0.39 is 0 Å². The van der Waals surface area contributed by atoms with E-state index in [0.717, 1.165) is 5.69 Å². The van der Waals surface area contributed by atoms with Crippen LogP contribution in [0.15, 0.2) is 64.5 Å². The van der Waals surface area contributed by atoms with Crippen molar-refractivity contribution in [3.8, 4) is 11.4 Å². The highest BCUT2D eigenvalue weighted by Crippen LogP contribution is 2.20. The molecular formula is C23H23ClN6O3S. The van der Waals surface area contributed by atoms with Crippen LogP contribution in [0.3, 0.4) is 0 Å². The van der Waals surface area contributed by atoms with E-state index in [1.54, 1.807) is 54.5 Å². The zero-order valence-corrected chi connectivity index (χ0v) is 20.4. The Morgan fingerprint density at radius 3 is 2.50 bits per heavy atom. The van der Waals surface area contributed by atoms with Crippen molar-refractivity contribution in [2.45, 2.75) is 18.7 Å². The standard InChI is InChI=1S/C23H23ClN6O3S/c1-15-21(22(32)30(29(15)3)17-7-5-4-6-8-17)25-20(31)14-34-23-27-26-19(28(23)2)13-33-18-11-9-16(24)10-12-18/h4-12H,13-14H2,1-3H3,(H,25,31). The summed E-state index contributed by atoms with van der Waals surface area (Å²) in [4.78, 5) is 25.6. The Balaban J connectivity index is 1.38. The van der Waals surface area contributed by atoms with Gasteiger partial charge in [-0.2, -0.15) is 0 Å². The minimum absolute atomic E-state index is 0.0725. The smallest absolute Gasteiger partial charge is 0.295 e. The van der Waals surface area contributed by atoms with Crippen LogP contribution in [-0.2, 0) is 25.5 Å². The van der Waals surface area contributed by atoms with E-state index in [1.807, 2.05) is 30.3 Å². The van der Waals surface area contributed by atoms with Crippen molar-refractivity contribution in [2.75, 3.05) is 11.1 Å². The van der Waals surface area contributed by atoms with Crippen LogP contribution in [0.5, 0.6) is 5.75 Å². The second-order valence-electron chi connectivity index (χ2n) is 7.47. The Bertz CT molecular complexity index is 1360. The van der Waals surface area contributed by atoms with E-state index >= 15 is 0 Å². The fraction of sp³-hybridized carbons (Fsp3) is 0.217. The molecule has 2 aromatic carbocycles. The lowest BCUT2D eigenvalue weighted by atomic mass is 10.3. The summed E-state index contributed by atoms with van der Waals surface area (Å²) in [5.74, 6) is 1.05. The molecule has 0 atom stereocenters. The predicted molar refractivity (Wildman–Crippen MR) is 132 cm³/mol. The summed E-state index contributed by atoms with van der Waals surface area (Å²) in [6.45, 7) is 2.01. The van der Waals surface area contributed by atoms with Gasteiger partial charge in [-0.05, 0) is 43.3 Å². The molecule has 2 aromatic heterocycles. The normalized spacial score (nSPS) is 10.9. The second-order valence-corrected chi connectivity index (χ2v) is 8.85. The van der Waals surface area contributed by atoms with Gasteiger partial charge in [0.05, 0.1) is 17.1 Å². The maximum absolute atomic E-state index is 13.0. The molecule has 0 aliphatic carbocycles. The lowest BCUT2D eigenvalue weighted by Gasteiger charge is -2.07. The Morgan fingerprint density at radius 2 is 1.79 bits per heavy atom. The average molecular weight is 499 g/mol. The molecule has 0 saturated heterocycles. The van der Waals surface area contributed by atoms with Crippen molar-refractivity contribution < 1.29 is 9.53 Å². The molecule has 0 radical (unpaired) electrons. The number of halogens is 1. The number of nitrogens with one attached hydrogen (secondary N) is 1. The summed E-state index contributed by atoms with van der Waals surface area (Å²) in [5, 5.41) is 12.2. The lowest BCUT2D eigenvalue weighted by Crippen LogP contribution is -2.23. The number of hydrogen-bond acceptors (Lipinski definition) is 6. The minimum atomic E-state index is -0.307. The maximum atomic E-state index is 13.0. The largest absolute Gasteiger partial charge is 0.486 e. The molecule has 176 valence electrons. The van der Waals surface area contributed by atoms with Crippen LogP contribution in [0, 0.1) is 6.92 Å². The van der Waals surface area contributed by atoms with Gasteiger partial charge >= 0.3 is 0 Å². The van der Waals surface area contributed by atoms with Crippen LogP contribution in [0.1, 0.15) is 11.5 Å². The first-order valence-electron chi connectivity index (χ1n) is 10.4. The van der Waals surface area contributed by atoms with Crippen LogP contribution in [0.4, 0.5) is 5.69 Å². The lowest BCUT2D eigenvalue weighted by molar-refractivity contribution is -0.113. The van der Waals surface area contributed by atoms with Gasteiger partial charge in [-0.25, -0.2) is 4.68 Å². The number of carbonyl (C=O) groups excluding carboxylic acids is 1. The van der Waals surface area contributed by atoms with Crippen molar-refractivity contribution in [3.05, 3.63) is 81.5 Å². The molecule has 0 spiro atoms. The van der Waals surface area contributed by atoms with Crippen molar-refractivity contribution in [1.82, 2.24) is 24.1 Å². The number of rotatable bonds is 8. The SMILES string of the molecule is Cc1c(NC(=O)CSc2nnc(COc3ccc(Cl)cc3)n2C)c(=O)n(-c2ccccc2)n1C. The number of carbonyl (C=O) groups is 1. The van der Waals surface area contributed by atoms with Crippen LogP contribution >= 0.6 is 23.4 Å². The molecule has 4 aromatic rings. The Hall–Kier alpha value is -3.50. The van der Waals surface area contributed by atoms with E-state index in [1.165, 1.54) is 16.4 Å². The van der Waals surface area contributed by atoms with Crippen LogP contribution in [0.2, 0.25) is 5.02 Å². The van der Waals surface area contributed by atoms with Gasteiger partial charge in [0.2, 0.25) is 5.91 Å². The van der Waals surface area contributed by atoms with Crippen molar-refractivity contribution in [3.63, 3.8) is 0 Å². The summed E-state index contributed by atoms with van der Waals surface area (Å²) in [7, 11) is 3.59. The van der Waals surface area contributed by atoms with E-state index in [9.17, 15) is 9.59 Å². The molecule has 0 unspecified atom stereocenters. The molecule has 0 saturated carbocycles. The topological polar surface area (TPSA) is 96.0 Å². The van der Waals surface area contributed by atoms with Gasteiger partial charge < -0.3 is 14.6 Å². The highest BCUT2D eigenvalue weighted by Gasteiger charge is 2.19. The molecule has 2 heterocycles. The number of nitrogens with zero attached hydrogens (tertiary/aromatic N) is 5. The first kappa shape index (κ1) is 23.7. The van der Waals surface area contributed by atoms with Crippen LogP contribution in [-0.4, -0.2) is 35.8 Å². The van der Waals surface area contributed by atoms with Crippen molar-refractivity contribution in [2.24, 2.45) is 14.1 Å². The molecule has 0 fully saturated rings. The first-order valence-corrected chi connectivity index (χ1v) is 11.7. The van der Waals surface area contributed by atoms with Crippen LogP contribution < -0.4 is 15.6 Å². The summed E-state index contributed by atoms with van der Waals surface area (Å²) in [6.07, 6.45) is 0. The third kappa shape index (κ3) is 5.02. The molecule has 0 aliphatic heterocycles. The second kappa shape index (κ2) is 10.2. The first-order chi connectivity index (χ1) is 16.3. The highest BCUT2D eigenvalue weighted by molar-refractivity contribution is 7.99. The molecule has 9 nitrogen and oxygen atoms in total. The van der Waals surface area contributed by atoms with Gasteiger partial charge in [-0.1, -0.05) is 41.6 Å². The molecule has 11 heteroatoms. The Labute approximate surface area is 205 Å². The number of para-hydroxylation sites is 1. The van der Waals surface area contributed by atoms with E-state index in [-0.39, 0.29) is 29.5 Å². The molecule has 34 heavy (non-hydrogen) atoms. The molecular weight excluding hydrogens is 476 g/mol. The predicted octanol–water partition coefficient (Wildman–Crippen LogP) is 3.58. The van der Waals surface area contributed by atoms with Gasteiger partial charge in [0.1, 0.15) is 18.0 Å². The Kier molecular flexibility index (Phi) is 7.09. The summed E-state index contributed by atoms with van der Waals surface area (Å²) >= 11 is 7.11. The fourth-order valence-electron chi connectivity index (χ4n) is 3.29. The molecule has 0 bridgehead atoms. The Morgan fingerprint density at radius 1 is 1.09 bits per heavy atom. The third-order valence-electron chi connectivity index (χ3n) is 5.26. The fourth-order valence-corrected chi connectivity index (χ4v) is 4.15. The number of ether oxygens (including phenoxy) is 1. The molecule has 0 aliphatic rings. The third-order valence-corrected chi connectivity index (χ3v) is 6.53. The zero-order valence-electron chi connectivity index (χ0n) is 18.9. The number of anilines is 1. The number of amides is 1. The summed E-state index contributed by atoms with van der Waals surface area (Å²) < 4.78 is 10.7. The quantitative estimate of drug-likeness (QED) is 0.373. The molecule has 1 amide bonds. The van der Waals surface area contributed by atoms with E-state index in [2.05, 4.69) is 15.5 Å². The van der Waals surface area contributed by atoms with Crippen molar-refractivity contribution >= 4 is 35.0 Å². The highest BCUT2D eigenvalue weighted by atomic mass is 35.5. The van der Waals surface area contributed by atoms with Gasteiger partial charge in [0, 0.05) is 19.1 Å². The monoisotopic (exact) mass is 498 g/mol. The number of aromatic nitrogens is 5. The zero-order chi connectivity index (χ0) is 24.2. The van der Waals surface area contributed by atoms with Gasteiger partial charge in [-0.3, -0.25) is 14.3 Å². The summed E-state index contributed by atoms with van der Waals surface area (Å²) in [6, 6.07) is 16.3. The maximum Gasteiger partial charge on any atom is 0.295 e. The summed E-state index contributed by atoms with van der Waals surface area (Å²) in [5.41, 5.74) is 1.35. The van der Waals surface area contributed by atoms with Crippen molar-refractivity contribution in [1.29, 1.82) is 0 Å². The number of thioether (sulfide) groups is 1. The number of benzene rings is 2. The van der Waals surface area contributed by atoms with Gasteiger partial charge in [0.15, 0.2) is 11.0 Å². The molecule has 1 N–H and O–H groups in total. The van der Waals surface area contributed by atoms with E-state index in [0.29, 0.717) is 27.4 Å². The minimum Gasteiger partial charge on any atom is -0.486 e.